The molecule has 0 aliphatic carbocycles. The van der Waals surface area contributed by atoms with Crippen LogP contribution < -0.4 is 5.32 Å². The largest absolute Gasteiger partial charge is 0.376 e. The van der Waals surface area contributed by atoms with Crippen molar-refractivity contribution in [3.05, 3.63) is 35.9 Å². The number of benzene rings is 1. The number of hydrogen-bond acceptors (Lipinski definition) is 2. The van der Waals surface area contributed by atoms with Gasteiger partial charge in [0.1, 0.15) is 4.99 Å². The van der Waals surface area contributed by atoms with E-state index in [2.05, 4.69) is 5.32 Å². The standard InChI is InChI=1S/C9H9NOS/c1-10-9(12)8(11)7-5-3-2-4-6-7/h2-6H,1H3,(H,10,12). The van der Waals surface area contributed by atoms with Gasteiger partial charge in [-0.05, 0) is 0 Å². The van der Waals surface area contributed by atoms with Gasteiger partial charge >= 0.3 is 0 Å². The first kappa shape index (κ1) is 8.87. The summed E-state index contributed by atoms with van der Waals surface area (Å²) in [4.78, 5) is 11.6. The molecule has 0 saturated heterocycles. The number of carbonyl (C=O) groups is 1. The van der Waals surface area contributed by atoms with E-state index in [4.69, 9.17) is 12.2 Å². The monoisotopic (exact) mass is 179 g/mol. The van der Waals surface area contributed by atoms with Crippen LogP contribution >= 0.6 is 12.2 Å². The van der Waals surface area contributed by atoms with Crippen molar-refractivity contribution in [1.82, 2.24) is 5.32 Å². The molecule has 1 N–H and O–H groups in total. The van der Waals surface area contributed by atoms with Crippen molar-refractivity contribution in [2.45, 2.75) is 0 Å². The number of likely N-dealkylation sites (N-methyl/N-ethyl adjacent to an activating group) is 1. The fourth-order valence-electron chi connectivity index (χ4n) is 0.834. The third kappa shape index (κ3) is 1.89. The summed E-state index contributed by atoms with van der Waals surface area (Å²) in [6.07, 6.45) is 0. The van der Waals surface area contributed by atoms with E-state index in [-0.39, 0.29) is 10.8 Å². The number of rotatable bonds is 2. The molecule has 0 aliphatic heterocycles. The Morgan fingerprint density at radius 3 is 2.42 bits per heavy atom. The summed E-state index contributed by atoms with van der Waals surface area (Å²) in [5, 5.41) is 2.65. The summed E-state index contributed by atoms with van der Waals surface area (Å²) in [5.74, 6) is -0.131. The van der Waals surface area contributed by atoms with Crippen molar-refractivity contribution in [2.75, 3.05) is 7.05 Å². The highest BCUT2D eigenvalue weighted by atomic mass is 32.1. The highest BCUT2D eigenvalue weighted by molar-refractivity contribution is 7.82. The Morgan fingerprint density at radius 1 is 1.33 bits per heavy atom. The summed E-state index contributed by atoms with van der Waals surface area (Å²) in [7, 11) is 1.64. The van der Waals surface area contributed by atoms with E-state index in [0.29, 0.717) is 5.56 Å². The minimum atomic E-state index is -0.131. The second-order valence-corrected chi connectivity index (χ2v) is 2.68. The second-order valence-electron chi connectivity index (χ2n) is 2.27. The van der Waals surface area contributed by atoms with Gasteiger partial charge in [0.05, 0.1) is 0 Å². The molecule has 0 spiro atoms. The molecule has 12 heavy (non-hydrogen) atoms. The average molecular weight is 179 g/mol. The number of thiocarbonyl (C=S) groups is 1. The lowest BCUT2D eigenvalue weighted by Gasteiger charge is -2.00. The third-order valence-electron chi connectivity index (χ3n) is 1.47. The van der Waals surface area contributed by atoms with Gasteiger partial charge in [0.25, 0.3) is 0 Å². The van der Waals surface area contributed by atoms with Crippen LogP contribution in [-0.2, 0) is 0 Å². The Labute approximate surface area is 76.6 Å². The predicted octanol–water partition coefficient (Wildman–Crippen LogP) is 1.42. The van der Waals surface area contributed by atoms with E-state index in [1.807, 2.05) is 18.2 Å². The first-order chi connectivity index (χ1) is 5.75. The van der Waals surface area contributed by atoms with Crippen LogP contribution in [0.4, 0.5) is 0 Å². The zero-order valence-corrected chi connectivity index (χ0v) is 7.52. The molecular weight excluding hydrogens is 170 g/mol. The molecule has 1 aromatic rings. The van der Waals surface area contributed by atoms with Crippen molar-refractivity contribution >= 4 is 23.0 Å². The number of nitrogens with one attached hydrogen (secondary N) is 1. The Morgan fingerprint density at radius 2 is 1.92 bits per heavy atom. The summed E-state index contributed by atoms with van der Waals surface area (Å²) >= 11 is 4.80. The van der Waals surface area contributed by atoms with E-state index in [1.165, 1.54) is 0 Å². The van der Waals surface area contributed by atoms with E-state index >= 15 is 0 Å². The summed E-state index contributed by atoms with van der Waals surface area (Å²) in [6.45, 7) is 0. The highest BCUT2D eigenvalue weighted by Crippen LogP contribution is 1.99. The molecule has 2 nitrogen and oxygen atoms in total. The van der Waals surface area contributed by atoms with Gasteiger partial charge in [-0.3, -0.25) is 4.79 Å². The van der Waals surface area contributed by atoms with Crippen LogP contribution in [0.5, 0.6) is 0 Å². The molecule has 0 bridgehead atoms. The lowest BCUT2D eigenvalue weighted by atomic mass is 10.1. The Kier molecular flexibility index (Phi) is 2.94. The first-order valence-electron chi connectivity index (χ1n) is 3.57. The quantitative estimate of drug-likeness (QED) is 0.550. The topological polar surface area (TPSA) is 29.1 Å². The summed E-state index contributed by atoms with van der Waals surface area (Å²) in [5.41, 5.74) is 0.622. The maximum Gasteiger partial charge on any atom is 0.219 e. The molecule has 0 aliphatic rings. The molecule has 62 valence electrons. The molecule has 3 heteroatoms. The molecule has 0 amide bonds. The average Bonchev–Trinajstić information content (AvgIpc) is 2.17. The first-order valence-corrected chi connectivity index (χ1v) is 3.98. The molecule has 1 rings (SSSR count). The molecule has 0 aromatic heterocycles. The molecule has 0 heterocycles. The molecule has 0 saturated carbocycles. The lowest BCUT2D eigenvalue weighted by molar-refractivity contribution is 0.106. The number of hydrogen-bond donors (Lipinski definition) is 1. The van der Waals surface area contributed by atoms with Crippen molar-refractivity contribution < 1.29 is 4.79 Å². The zero-order chi connectivity index (χ0) is 8.97. The van der Waals surface area contributed by atoms with E-state index < -0.39 is 0 Å². The van der Waals surface area contributed by atoms with Gasteiger partial charge in [0, 0.05) is 12.6 Å². The van der Waals surface area contributed by atoms with E-state index in [0.717, 1.165) is 0 Å². The Bertz CT molecular complexity index is 295. The van der Waals surface area contributed by atoms with Crippen molar-refractivity contribution in [3.63, 3.8) is 0 Å². The van der Waals surface area contributed by atoms with Crippen LogP contribution in [-0.4, -0.2) is 17.8 Å². The molecular formula is C9H9NOS. The SMILES string of the molecule is CNC(=S)C(=O)c1ccccc1. The minimum Gasteiger partial charge on any atom is -0.376 e. The van der Waals surface area contributed by atoms with Gasteiger partial charge in [-0.1, -0.05) is 42.5 Å². The Hall–Kier alpha value is -1.22. The molecule has 1 aromatic carbocycles. The van der Waals surface area contributed by atoms with E-state index in [9.17, 15) is 4.79 Å². The van der Waals surface area contributed by atoms with Crippen LogP contribution in [0.1, 0.15) is 10.4 Å². The second kappa shape index (κ2) is 3.97. The van der Waals surface area contributed by atoms with Gasteiger partial charge in [0.15, 0.2) is 0 Å². The Balaban J connectivity index is 2.86. The van der Waals surface area contributed by atoms with Crippen molar-refractivity contribution in [1.29, 1.82) is 0 Å². The molecule has 0 radical (unpaired) electrons. The highest BCUT2D eigenvalue weighted by Gasteiger charge is 2.08. The van der Waals surface area contributed by atoms with Gasteiger partial charge in [-0.2, -0.15) is 0 Å². The maximum absolute atomic E-state index is 11.4. The smallest absolute Gasteiger partial charge is 0.219 e. The number of carbonyl (C=O) groups excluding carboxylic acids is 1. The minimum absolute atomic E-state index is 0.131. The number of Topliss-reactive ketones (excluding diaryl/α,β-unsaturated/α-hetero) is 1. The van der Waals surface area contributed by atoms with Gasteiger partial charge in [0.2, 0.25) is 5.78 Å². The van der Waals surface area contributed by atoms with Crippen molar-refractivity contribution in [2.24, 2.45) is 0 Å². The van der Waals surface area contributed by atoms with Gasteiger partial charge in [-0.25, -0.2) is 0 Å². The summed E-state index contributed by atoms with van der Waals surface area (Å²) < 4.78 is 0. The van der Waals surface area contributed by atoms with Crippen LogP contribution in [0.25, 0.3) is 0 Å². The lowest BCUT2D eigenvalue weighted by Crippen LogP contribution is -2.25. The molecule has 0 unspecified atom stereocenters. The normalized spacial score (nSPS) is 9.08. The molecule has 0 atom stereocenters. The fraction of sp³-hybridized carbons (Fsp3) is 0.111. The maximum atomic E-state index is 11.4. The zero-order valence-electron chi connectivity index (χ0n) is 6.70. The fourth-order valence-corrected chi connectivity index (χ4v) is 0.952. The molecule has 0 fully saturated rings. The number of ketones is 1. The van der Waals surface area contributed by atoms with E-state index in [1.54, 1.807) is 19.2 Å². The predicted molar refractivity (Wildman–Crippen MR) is 52.4 cm³/mol. The van der Waals surface area contributed by atoms with Crippen molar-refractivity contribution in [3.8, 4) is 0 Å². The van der Waals surface area contributed by atoms with Crippen LogP contribution in [0, 0.1) is 0 Å². The summed E-state index contributed by atoms with van der Waals surface area (Å²) in [6, 6.07) is 8.97. The van der Waals surface area contributed by atoms with Crippen LogP contribution in [0.15, 0.2) is 30.3 Å². The third-order valence-corrected chi connectivity index (χ3v) is 1.86. The van der Waals surface area contributed by atoms with Crippen LogP contribution in [0.2, 0.25) is 0 Å². The van der Waals surface area contributed by atoms with Gasteiger partial charge in [-0.15, -0.1) is 0 Å². The van der Waals surface area contributed by atoms with Gasteiger partial charge < -0.3 is 5.32 Å². The van der Waals surface area contributed by atoms with Crippen LogP contribution in [0.3, 0.4) is 0 Å².